The summed E-state index contributed by atoms with van der Waals surface area (Å²) in [5.74, 6) is -0.691. The van der Waals surface area contributed by atoms with Crippen LogP contribution in [0, 0.1) is 10.1 Å². The number of nitro groups is 1. The fourth-order valence-corrected chi connectivity index (χ4v) is 2.22. The van der Waals surface area contributed by atoms with Gasteiger partial charge in [-0.1, -0.05) is 24.3 Å². The molecule has 8 heteroatoms. The van der Waals surface area contributed by atoms with E-state index in [4.69, 9.17) is 4.74 Å². The molecule has 0 bridgehead atoms. The van der Waals surface area contributed by atoms with E-state index in [0.717, 1.165) is 0 Å². The number of nitrogens with zero attached hydrogens (tertiary/aromatic N) is 1. The van der Waals surface area contributed by atoms with Crippen LogP contribution >= 0.6 is 0 Å². The molecule has 26 heavy (non-hydrogen) atoms. The molecule has 0 radical (unpaired) electrons. The van der Waals surface area contributed by atoms with Gasteiger partial charge in [0.25, 0.3) is 5.69 Å². The number of anilines is 1. The van der Waals surface area contributed by atoms with Gasteiger partial charge in [-0.05, 0) is 32.0 Å². The molecule has 2 N–H and O–H groups in total. The first-order valence-corrected chi connectivity index (χ1v) is 7.94. The number of carbonyl (C=O) groups excluding carboxylic acids is 2. The zero-order chi connectivity index (χ0) is 19.1. The molecule has 2 amide bonds. The highest BCUT2D eigenvalue weighted by Gasteiger charge is 2.18. The average molecular weight is 357 g/mol. The molecule has 2 aromatic rings. The summed E-state index contributed by atoms with van der Waals surface area (Å²) >= 11 is 0. The summed E-state index contributed by atoms with van der Waals surface area (Å²) in [4.78, 5) is 34.7. The number of urea groups is 1. The zero-order valence-electron chi connectivity index (χ0n) is 14.4. The second-order valence-corrected chi connectivity index (χ2v) is 5.76. The molecule has 0 unspecified atom stereocenters. The monoisotopic (exact) mass is 357 g/mol. The van der Waals surface area contributed by atoms with Crippen molar-refractivity contribution in [3.8, 4) is 0 Å². The van der Waals surface area contributed by atoms with Crippen molar-refractivity contribution < 1.29 is 19.2 Å². The van der Waals surface area contributed by atoms with E-state index in [1.165, 1.54) is 24.3 Å². The van der Waals surface area contributed by atoms with Crippen LogP contribution in [-0.2, 0) is 11.3 Å². The molecule has 0 aromatic heterocycles. The zero-order valence-corrected chi connectivity index (χ0v) is 14.4. The van der Waals surface area contributed by atoms with Crippen LogP contribution in [0.15, 0.2) is 48.5 Å². The van der Waals surface area contributed by atoms with Gasteiger partial charge in [-0.2, -0.15) is 0 Å². The van der Waals surface area contributed by atoms with E-state index in [2.05, 4.69) is 10.6 Å². The SMILES string of the molecule is CC(C)NC(=O)Nc1ccccc1C(=O)OCc1ccccc1[N+](=O)[O-]. The number of para-hydroxylation sites is 2. The van der Waals surface area contributed by atoms with E-state index < -0.39 is 16.9 Å². The van der Waals surface area contributed by atoms with Crippen molar-refractivity contribution in [2.75, 3.05) is 5.32 Å². The van der Waals surface area contributed by atoms with Gasteiger partial charge < -0.3 is 15.4 Å². The Morgan fingerprint density at radius 3 is 2.46 bits per heavy atom. The number of amides is 2. The van der Waals surface area contributed by atoms with Gasteiger partial charge in [-0.15, -0.1) is 0 Å². The highest BCUT2D eigenvalue weighted by molar-refractivity contribution is 6.00. The van der Waals surface area contributed by atoms with E-state index in [0.29, 0.717) is 5.69 Å². The summed E-state index contributed by atoms with van der Waals surface area (Å²) in [6, 6.07) is 11.9. The van der Waals surface area contributed by atoms with E-state index in [-0.39, 0.29) is 29.5 Å². The van der Waals surface area contributed by atoms with E-state index in [9.17, 15) is 19.7 Å². The van der Waals surface area contributed by atoms with Crippen LogP contribution < -0.4 is 10.6 Å². The van der Waals surface area contributed by atoms with Crippen LogP contribution in [0.3, 0.4) is 0 Å². The average Bonchev–Trinajstić information content (AvgIpc) is 2.59. The summed E-state index contributed by atoms with van der Waals surface area (Å²) in [6.45, 7) is 3.38. The Labute approximate surface area is 150 Å². The van der Waals surface area contributed by atoms with Crippen LogP contribution in [0.1, 0.15) is 29.8 Å². The van der Waals surface area contributed by atoms with Gasteiger partial charge in [-0.25, -0.2) is 9.59 Å². The Balaban J connectivity index is 2.11. The third kappa shape index (κ3) is 5.04. The molecular weight excluding hydrogens is 338 g/mol. The third-order valence-electron chi connectivity index (χ3n) is 3.36. The molecule has 0 aliphatic carbocycles. The number of nitro benzene ring substituents is 1. The van der Waals surface area contributed by atoms with Gasteiger partial charge in [0.15, 0.2) is 0 Å². The molecule has 0 aliphatic rings. The smallest absolute Gasteiger partial charge is 0.340 e. The molecule has 2 aromatic carbocycles. The molecule has 0 saturated carbocycles. The molecule has 0 heterocycles. The van der Waals surface area contributed by atoms with Gasteiger partial charge >= 0.3 is 12.0 Å². The molecule has 0 aliphatic heterocycles. The maximum Gasteiger partial charge on any atom is 0.340 e. The number of esters is 1. The molecule has 136 valence electrons. The lowest BCUT2D eigenvalue weighted by molar-refractivity contribution is -0.385. The van der Waals surface area contributed by atoms with Gasteiger partial charge in [0.2, 0.25) is 0 Å². The normalized spacial score (nSPS) is 10.3. The van der Waals surface area contributed by atoms with Crippen molar-refractivity contribution in [3.63, 3.8) is 0 Å². The first-order chi connectivity index (χ1) is 12.4. The fraction of sp³-hybridized carbons (Fsp3) is 0.222. The van der Waals surface area contributed by atoms with Gasteiger partial charge in [0.05, 0.1) is 21.7 Å². The van der Waals surface area contributed by atoms with Crippen molar-refractivity contribution in [2.24, 2.45) is 0 Å². The number of hydrogen-bond acceptors (Lipinski definition) is 5. The predicted octanol–water partition coefficient (Wildman–Crippen LogP) is 3.48. The van der Waals surface area contributed by atoms with E-state index in [1.807, 2.05) is 13.8 Å². The van der Waals surface area contributed by atoms with Crippen molar-refractivity contribution in [2.45, 2.75) is 26.5 Å². The summed E-state index contributed by atoms with van der Waals surface area (Å²) in [6.07, 6.45) is 0. The first-order valence-electron chi connectivity index (χ1n) is 7.94. The minimum atomic E-state index is -0.691. The van der Waals surface area contributed by atoms with Gasteiger partial charge in [0.1, 0.15) is 6.61 Å². The minimum Gasteiger partial charge on any atom is -0.457 e. The van der Waals surface area contributed by atoms with Crippen molar-refractivity contribution in [3.05, 3.63) is 69.8 Å². The number of carbonyl (C=O) groups is 2. The molecule has 0 saturated heterocycles. The Morgan fingerprint density at radius 2 is 1.77 bits per heavy atom. The molecular formula is C18H19N3O5. The molecule has 0 atom stereocenters. The number of ether oxygens (including phenoxy) is 1. The molecule has 0 fully saturated rings. The summed E-state index contributed by atoms with van der Waals surface area (Å²) in [5, 5.41) is 16.3. The summed E-state index contributed by atoms with van der Waals surface area (Å²) in [7, 11) is 0. The van der Waals surface area contributed by atoms with Gasteiger partial charge in [-0.3, -0.25) is 10.1 Å². The van der Waals surface area contributed by atoms with Crippen LogP contribution in [-0.4, -0.2) is 23.0 Å². The van der Waals surface area contributed by atoms with E-state index >= 15 is 0 Å². The lowest BCUT2D eigenvalue weighted by atomic mass is 10.1. The molecule has 0 spiro atoms. The minimum absolute atomic E-state index is 0.0623. The number of hydrogen-bond donors (Lipinski definition) is 2. The second-order valence-electron chi connectivity index (χ2n) is 5.76. The maximum absolute atomic E-state index is 12.4. The standard InChI is InChI=1S/C18H19N3O5/c1-12(2)19-18(23)20-15-9-5-4-8-14(15)17(22)26-11-13-7-3-6-10-16(13)21(24)25/h3-10,12H,11H2,1-2H3,(H2,19,20,23). The Morgan fingerprint density at radius 1 is 1.12 bits per heavy atom. The Bertz CT molecular complexity index is 820. The summed E-state index contributed by atoms with van der Waals surface area (Å²) < 4.78 is 5.19. The first kappa shape index (κ1) is 18.9. The van der Waals surface area contributed by atoms with Crippen LogP contribution in [0.2, 0.25) is 0 Å². The number of rotatable bonds is 6. The molecule has 8 nitrogen and oxygen atoms in total. The van der Waals surface area contributed by atoms with Crippen LogP contribution in [0.5, 0.6) is 0 Å². The third-order valence-corrected chi connectivity index (χ3v) is 3.36. The Kier molecular flexibility index (Phi) is 6.26. The van der Waals surface area contributed by atoms with Crippen LogP contribution in [0.4, 0.5) is 16.2 Å². The summed E-state index contributed by atoms with van der Waals surface area (Å²) in [5.41, 5.74) is 0.611. The lowest BCUT2D eigenvalue weighted by Crippen LogP contribution is -2.34. The highest BCUT2D eigenvalue weighted by Crippen LogP contribution is 2.21. The van der Waals surface area contributed by atoms with Crippen molar-refractivity contribution in [1.82, 2.24) is 5.32 Å². The predicted molar refractivity (Wildman–Crippen MR) is 95.9 cm³/mol. The maximum atomic E-state index is 12.4. The number of nitrogens with one attached hydrogen (secondary N) is 2. The second kappa shape index (κ2) is 8.61. The quantitative estimate of drug-likeness (QED) is 0.467. The fourth-order valence-electron chi connectivity index (χ4n) is 2.22. The number of benzene rings is 2. The Hall–Kier alpha value is -3.42. The molecule has 2 rings (SSSR count). The largest absolute Gasteiger partial charge is 0.457 e. The van der Waals surface area contributed by atoms with Crippen LogP contribution in [0.25, 0.3) is 0 Å². The highest BCUT2D eigenvalue weighted by atomic mass is 16.6. The van der Waals surface area contributed by atoms with Gasteiger partial charge in [0, 0.05) is 12.1 Å². The van der Waals surface area contributed by atoms with E-state index in [1.54, 1.807) is 24.3 Å². The van der Waals surface area contributed by atoms with Crippen molar-refractivity contribution in [1.29, 1.82) is 0 Å². The van der Waals surface area contributed by atoms with Crippen molar-refractivity contribution >= 4 is 23.4 Å². The topological polar surface area (TPSA) is 111 Å². The lowest BCUT2D eigenvalue weighted by Gasteiger charge is -2.13.